The van der Waals surface area contributed by atoms with Gasteiger partial charge in [-0.15, -0.1) is 11.8 Å². The fourth-order valence-electron chi connectivity index (χ4n) is 1.31. The molecule has 0 aliphatic rings. The molecule has 0 radical (unpaired) electrons. The Morgan fingerprint density at radius 2 is 2.10 bits per heavy atom. The molecule has 112 valence electrons. The maximum Gasteiger partial charge on any atom is 0.274 e. The molecule has 0 amide bonds. The summed E-state index contributed by atoms with van der Waals surface area (Å²) >= 11 is 1.18. The molecule has 0 heterocycles. The Kier molecular flexibility index (Phi) is 6.57. The zero-order valence-corrected chi connectivity index (χ0v) is 13.1. The third kappa shape index (κ3) is 6.44. The number of ether oxygens (including phenoxy) is 1. The molecule has 1 aromatic carbocycles. The van der Waals surface area contributed by atoms with Crippen LogP contribution in [-0.2, 0) is 9.05 Å². The van der Waals surface area contributed by atoms with Crippen molar-refractivity contribution in [1.82, 2.24) is 0 Å². The lowest BCUT2D eigenvalue weighted by Gasteiger charge is -2.07. The number of hydrogen-bond acceptors (Lipinski definition) is 6. The van der Waals surface area contributed by atoms with Gasteiger partial charge >= 0.3 is 0 Å². The van der Waals surface area contributed by atoms with Crippen molar-refractivity contribution < 1.29 is 18.1 Å². The summed E-state index contributed by atoms with van der Waals surface area (Å²) < 4.78 is 27.0. The van der Waals surface area contributed by atoms with Crippen LogP contribution in [0, 0.1) is 10.1 Å². The highest BCUT2D eigenvalue weighted by Gasteiger charge is 2.12. The molecule has 0 atom stereocenters. The highest BCUT2D eigenvalue weighted by molar-refractivity contribution is 8.14. The van der Waals surface area contributed by atoms with Gasteiger partial charge in [-0.3, -0.25) is 10.1 Å². The fourth-order valence-corrected chi connectivity index (χ4v) is 3.64. The van der Waals surface area contributed by atoms with E-state index in [1.807, 2.05) is 6.92 Å². The highest BCUT2D eigenvalue weighted by atomic mass is 35.7. The van der Waals surface area contributed by atoms with Crippen LogP contribution in [0.3, 0.4) is 0 Å². The Bertz CT molecular complexity index is 576. The number of benzene rings is 1. The van der Waals surface area contributed by atoms with Gasteiger partial charge < -0.3 is 4.74 Å². The Balaban J connectivity index is 2.82. The molecule has 0 unspecified atom stereocenters. The molecular formula is C11H14ClNO5S2. The van der Waals surface area contributed by atoms with E-state index in [1.54, 1.807) is 6.07 Å². The Morgan fingerprint density at radius 1 is 1.40 bits per heavy atom. The molecule has 20 heavy (non-hydrogen) atoms. The van der Waals surface area contributed by atoms with E-state index >= 15 is 0 Å². The molecule has 0 fully saturated rings. The average Bonchev–Trinajstić information content (AvgIpc) is 2.34. The third-order valence-corrected chi connectivity index (χ3v) is 4.53. The topological polar surface area (TPSA) is 86.5 Å². The maximum absolute atomic E-state index is 10.8. The number of non-ortho nitro benzene ring substituents is 1. The van der Waals surface area contributed by atoms with Gasteiger partial charge in [0.2, 0.25) is 9.05 Å². The first-order valence-corrected chi connectivity index (χ1v) is 9.25. The van der Waals surface area contributed by atoms with Crippen LogP contribution in [0.1, 0.15) is 13.3 Å². The van der Waals surface area contributed by atoms with Gasteiger partial charge in [0.15, 0.2) is 0 Å². The molecule has 0 aliphatic carbocycles. The first-order chi connectivity index (χ1) is 9.31. The molecule has 0 bridgehead atoms. The minimum absolute atomic E-state index is 0.0881. The summed E-state index contributed by atoms with van der Waals surface area (Å²) in [6.45, 7) is 2.39. The number of nitro groups is 1. The van der Waals surface area contributed by atoms with Gasteiger partial charge in [0.25, 0.3) is 5.69 Å². The van der Waals surface area contributed by atoms with Crippen molar-refractivity contribution >= 4 is 37.2 Å². The monoisotopic (exact) mass is 339 g/mol. The van der Waals surface area contributed by atoms with E-state index in [0.29, 0.717) is 17.3 Å². The van der Waals surface area contributed by atoms with Gasteiger partial charge in [-0.05, 0) is 12.5 Å². The number of hydrogen-bond donors (Lipinski definition) is 0. The highest BCUT2D eigenvalue weighted by Crippen LogP contribution is 2.29. The molecular weight excluding hydrogens is 326 g/mol. The Morgan fingerprint density at radius 3 is 2.65 bits per heavy atom. The fraction of sp³-hybridized carbons (Fsp3) is 0.455. The summed E-state index contributed by atoms with van der Waals surface area (Å²) in [5.74, 6) is 0.421. The molecule has 6 nitrogen and oxygen atoms in total. The molecule has 0 saturated heterocycles. The van der Waals surface area contributed by atoms with Crippen LogP contribution in [0.2, 0.25) is 0 Å². The normalized spacial score (nSPS) is 11.3. The zero-order chi connectivity index (χ0) is 15.2. The standard InChI is InChI=1S/C11H14ClNO5S2/c1-2-3-18-10-6-9(13(14)15)7-11(8-10)19-4-5-20(12,16)17/h6-8H,2-5H2,1H3. The number of nitrogens with zero attached hydrogens (tertiary/aromatic N) is 1. The van der Waals surface area contributed by atoms with Gasteiger partial charge in [0, 0.05) is 27.4 Å². The van der Waals surface area contributed by atoms with Crippen LogP contribution in [0.4, 0.5) is 5.69 Å². The Labute approximate surface area is 126 Å². The number of nitro benzene ring substituents is 1. The van der Waals surface area contributed by atoms with E-state index in [4.69, 9.17) is 15.4 Å². The van der Waals surface area contributed by atoms with Crippen LogP contribution >= 0.6 is 22.4 Å². The predicted molar refractivity (Wildman–Crippen MR) is 79.2 cm³/mol. The van der Waals surface area contributed by atoms with E-state index in [1.165, 1.54) is 23.9 Å². The second-order valence-electron chi connectivity index (χ2n) is 3.86. The van der Waals surface area contributed by atoms with E-state index in [0.717, 1.165) is 6.42 Å². The zero-order valence-electron chi connectivity index (χ0n) is 10.7. The van der Waals surface area contributed by atoms with Crippen molar-refractivity contribution in [3.63, 3.8) is 0 Å². The van der Waals surface area contributed by atoms with Crippen LogP contribution in [0.15, 0.2) is 23.1 Å². The molecule has 0 saturated carbocycles. The molecule has 0 aromatic heterocycles. The van der Waals surface area contributed by atoms with Gasteiger partial charge in [-0.1, -0.05) is 6.92 Å². The third-order valence-electron chi connectivity index (χ3n) is 2.14. The van der Waals surface area contributed by atoms with Gasteiger partial charge in [-0.2, -0.15) is 0 Å². The lowest BCUT2D eigenvalue weighted by molar-refractivity contribution is -0.385. The van der Waals surface area contributed by atoms with E-state index in [-0.39, 0.29) is 17.2 Å². The minimum Gasteiger partial charge on any atom is -0.493 e. The minimum atomic E-state index is -3.56. The lowest BCUT2D eigenvalue weighted by atomic mass is 10.3. The van der Waals surface area contributed by atoms with Crippen LogP contribution in [0.25, 0.3) is 0 Å². The number of thioether (sulfide) groups is 1. The largest absolute Gasteiger partial charge is 0.493 e. The summed E-state index contributed by atoms with van der Waals surface area (Å²) in [6.07, 6.45) is 0.787. The molecule has 9 heteroatoms. The number of rotatable bonds is 8. The molecule has 1 rings (SSSR count). The smallest absolute Gasteiger partial charge is 0.274 e. The second-order valence-corrected chi connectivity index (χ2v) is 7.92. The van der Waals surface area contributed by atoms with E-state index in [2.05, 4.69) is 0 Å². The van der Waals surface area contributed by atoms with Gasteiger partial charge in [-0.25, -0.2) is 8.42 Å². The van der Waals surface area contributed by atoms with Crippen molar-refractivity contribution in [2.45, 2.75) is 18.2 Å². The van der Waals surface area contributed by atoms with Crippen LogP contribution < -0.4 is 4.74 Å². The van der Waals surface area contributed by atoms with Crippen LogP contribution in [-0.4, -0.2) is 31.5 Å². The SMILES string of the molecule is CCCOc1cc(SCCS(=O)(=O)Cl)cc([N+](=O)[O-])c1. The molecule has 0 spiro atoms. The summed E-state index contributed by atoms with van der Waals surface area (Å²) in [4.78, 5) is 10.9. The van der Waals surface area contributed by atoms with Crippen molar-refractivity contribution in [3.8, 4) is 5.75 Å². The lowest BCUT2D eigenvalue weighted by Crippen LogP contribution is -2.00. The maximum atomic E-state index is 10.8. The van der Waals surface area contributed by atoms with Gasteiger partial charge in [0.1, 0.15) is 5.75 Å². The van der Waals surface area contributed by atoms with Crippen molar-refractivity contribution in [1.29, 1.82) is 0 Å². The van der Waals surface area contributed by atoms with E-state index in [9.17, 15) is 18.5 Å². The van der Waals surface area contributed by atoms with Gasteiger partial charge in [0.05, 0.1) is 23.3 Å². The molecule has 1 aromatic rings. The average molecular weight is 340 g/mol. The molecule has 0 aliphatic heterocycles. The first-order valence-electron chi connectivity index (χ1n) is 5.79. The number of halogens is 1. The Hall–Kier alpha value is -0.990. The predicted octanol–water partition coefficient (Wildman–Crippen LogP) is 3.04. The molecule has 0 N–H and O–H groups in total. The summed E-state index contributed by atoms with van der Waals surface area (Å²) in [7, 11) is 1.55. The van der Waals surface area contributed by atoms with Crippen molar-refractivity contribution in [3.05, 3.63) is 28.3 Å². The van der Waals surface area contributed by atoms with Crippen molar-refractivity contribution in [2.75, 3.05) is 18.1 Å². The van der Waals surface area contributed by atoms with E-state index < -0.39 is 14.0 Å². The quantitative estimate of drug-likeness (QED) is 0.313. The van der Waals surface area contributed by atoms with Crippen LogP contribution in [0.5, 0.6) is 5.75 Å². The summed E-state index contributed by atoms with van der Waals surface area (Å²) in [5, 5.41) is 10.8. The summed E-state index contributed by atoms with van der Waals surface area (Å²) in [5.41, 5.74) is -0.0881. The summed E-state index contributed by atoms with van der Waals surface area (Å²) in [6, 6.07) is 4.37. The second kappa shape index (κ2) is 7.70. The first kappa shape index (κ1) is 17.1. The van der Waals surface area contributed by atoms with Crippen molar-refractivity contribution in [2.24, 2.45) is 0 Å².